The fourth-order valence-corrected chi connectivity index (χ4v) is 1.99. The molecule has 1 aliphatic rings. The quantitative estimate of drug-likeness (QED) is 0.791. The van der Waals surface area contributed by atoms with Gasteiger partial charge >= 0.3 is 12.0 Å². The largest absolute Gasteiger partial charge is 0.496 e. The molecule has 0 saturated carbocycles. The molecular weight excluding hydrogens is 276 g/mol. The molecule has 0 bridgehead atoms. The van der Waals surface area contributed by atoms with Crippen molar-refractivity contribution in [2.45, 2.75) is 6.42 Å². The number of nitrogens with zero attached hydrogens (tertiary/aromatic N) is 1. The topological polar surface area (TPSA) is 84.9 Å². The molecule has 0 atom stereocenters. The maximum absolute atomic E-state index is 11.7. The molecule has 0 unspecified atom stereocenters. The molecule has 1 aromatic carbocycles. The van der Waals surface area contributed by atoms with E-state index in [4.69, 9.17) is 9.47 Å². The number of hydrogen-bond acceptors (Lipinski definition) is 5. The zero-order chi connectivity index (χ0) is 15.2. The summed E-state index contributed by atoms with van der Waals surface area (Å²) >= 11 is 0. The number of esters is 1. The van der Waals surface area contributed by atoms with Crippen LogP contribution in [0, 0.1) is 0 Å². The molecule has 1 fully saturated rings. The number of para-hydroxylation sites is 1. The van der Waals surface area contributed by atoms with E-state index in [2.05, 4.69) is 5.32 Å². The van der Waals surface area contributed by atoms with Crippen LogP contribution in [0.15, 0.2) is 24.3 Å². The molecule has 7 nitrogen and oxygen atoms in total. The van der Waals surface area contributed by atoms with Gasteiger partial charge in [0.15, 0.2) is 6.61 Å². The van der Waals surface area contributed by atoms with Crippen LogP contribution in [0.1, 0.15) is 5.56 Å². The third-order valence-corrected chi connectivity index (χ3v) is 3.04. The van der Waals surface area contributed by atoms with Gasteiger partial charge < -0.3 is 14.8 Å². The summed E-state index contributed by atoms with van der Waals surface area (Å²) < 4.78 is 10.0. The van der Waals surface area contributed by atoms with Crippen molar-refractivity contribution in [1.82, 2.24) is 10.2 Å². The highest BCUT2D eigenvalue weighted by atomic mass is 16.5. The van der Waals surface area contributed by atoms with Crippen LogP contribution in [0.4, 0.5) is 4.79 Å². The van der Waals surface area contributed by atoms with E-state index in [-0.39, 0.29) is 6.42 Å². The Morgan fingerprint density at radius 3 is 2.76 bits per heavy atom. The highest BCUT2D eigenvalue weighted by molar-refractivity contribution is 5.97. The first-order chi connectivity index (χ1) is 10.1. The molecular formula is C14H16N2O5. The number of imide groups is 1. The van der Waals surface area contributed by atoms with Crippen molar-refractivity contribution < 1.29 is 23.9 Å². The van der Waals surface area contributed by atoms with Crippen molar-refractivity contribution in [2.24, 2.45) is 0 Å². The first-order valence-electron chi connectivity index (χ1n) is 6.47. The van der Waals surface area contributed by atoms with E-state index in [9.17, 15) is 14.4 Å². The van der Waals surface area contributed by atoms with Gasteiger partial charge in [-0.3, -0.25) is 14.5 Å². The number of carbonyl (C=O) groups excluding carboxylic acids is 3. The van der Waals surface area contributed by atoms with Gasteiger partial charge in [-0.15, -0.1) is 0 Å². The van der Waals surface area contributed by atoms with Gasteiger partial charge in [0.2, 0.25) is 0 Å². The van der Waals surface area contributed by atoms with Gasteiger partial charge in [-0.05, 0) is 6.07 Å². The van der Waals surface area contributed by atoms with Crippen LogP contribution < -0.4 is 10.1 Å². The monoisotopic (exact) mass is 292 g/mol. The summed E-state index contributed by atoms with van der Waals surface area (Å²) in [6.45, 7) is 0.267. The molecule has 1 N–H and O–H groups in total. The molecule has 1 aliphatic heterocycles. The third-order valence-electron chi connectivity index (χ3n) is 3.04. The molecule has 112 valence electrons. The number of ether oxygens (including phenoxy) is 2. The Labute approximate surface area is 121 Å². The normalized spacial score (nSPS) is 13.8. The van der Waals surface area contributed by atoms with E-state index in [1.54, 1.807) is 24.3 Å². The second kappa shape index (κ2) is 6.74. The summed E-state index contributed by atoms with van der Waals surface area (Å²) in [5.74, 6) is -0.495. The number of rotatable bonds is 5. The highest BCUT2D eigenvalue weighted by Gasteiger charge is 2.26. The molecule has 1 heterocycles. The minimum atomic E-state index is -0.549. The minimum absolute atomic E-state index is 0.00346. The molecule has 1 saturated heterocycles. The standard InChI is InChI=1S/C14H16N2O5/c1-20-11-5-3-2-4-10(11)8-13(18)21-9-12(17)16-7-6-15-14(16)19/h2-5H,6-9H2,1H3,(H,15,19). The Bertz CT molecular complexity index is 558. The van der Waals surface area contributed by atoms with Crippen molar-refractivity contribution in [3.63, 3.8) is 0 Å². The Hall–Kier alpha value is -2.57. The van der Waals surface area contributed by atoms with Gasteiger partial charge in [0.05, 0.1) is 13.5 Å². The van der Waals surface area contributed by atoms with Crippen LogP contribution in [-0.4, -0.2) is 49.6 Å². The zero-order valence-electron chi connectivity index (χ0n) is 11.6. The summed E-state index contributed by atoms with van der Waals surface area (Å²) in [6.07, 6.45) is 0.00346. The number of hydrogen-bond donors (Lipinski definition) is 1. The Morgan fingerprint density at radius 1 is 1.33 bits per heavy atom. The smallest absolute Gasteiger partial charge is 0.324 e. The average Bonchev–Trinajstić information content (AvgIpc) is 2.91. The predicted octanol–water partition coefficient (Wildman–Crippen LogP) is 0.333. The number of nitrogens with one attached hydrogen (secondary N) is 1. The summed E-state index contributed by atoms with van der Waals surface area (Å²) in [4.78, 5) is 35.7. The Morgan fingerprint density at radius 2 is 2.10 bits per heavy atom. The maximum Gasteiger partial charge on any atom is 0.324 e. The first-order valence-corrected chi connectivity index (χ1v) is 6.47. The average molecular weight is 292 g/mol. The summed E-state index contributed by atoms with van der Waals surface area (Å²) in [5, 5.41) is 2.50. The first kappa shape index (κ1) is 14.8. The highest BCUT2D eigenvalue weighted by Crippen LogP contribution is 2.18. The van der Waals surface area contributed by atoms with Gasteiger partial charge in [0.25, 0.3) is 5.91 Å². The lowest BCUT2D eigenvalue weighted by Gasteiger charge is -2.12. The van der Waals surface area contributed by atoms with Gasteiger partial charge in [-0.25, -0.2) is 4.79 Å². The van der Waals surface area contributed by atoms with Gasteiger partial charge in [-0.2, -0.15) is 0 Å². The summed E-state index contributed by atoms with van der Waals surface area (Å²) in [5.41, 5.74) is 0.677. The molecule has 1 aromatic rings. The zero-order valence-corrected chi connectivity index (χ0v) is 11.6. The van der Waals surface area contributed by atoms with Crippen LogP contribution in [0.2, 0.25) is 0 Å². The van der Waals surface area contributed by atoms with Crippen LogP contribution in [0.25, 0.3) is 0 Å². The van der Waals surface area contributed by atoms with Crippen molar-refractivity contribution in [3.05, 3.63) is 29.8 Å². The second-order valence-electron chi connectivity index (χ2n) is 4.43. The van der Waals surface area contributed by atoms with Gasteiger partial charge in [-0.1, -0.05) is 18.2 Å². The fourth-order valence-electron chi connectivity index (χ4n) is 1.99. The van der Waals surface area contributed by atoms with Crippen molar-refractivity contribution in [1.29, 1.82) is 0 Å². The minimum Gasteiger partial charge on any atom is -0.496 e. The molecule has 0 radical (unpaired) electrons. The Kier molecular flexibility index (Phi) is 4.76. The number of carbonyl (C=O) groups is 3. The lowest BCUT2D eigenvalue weighted by molar-refractivity contribution is -0.150. The Balaban J connectivity index is 1.85. The fraction of sp³-hybridized carbons (Fsp3) is 0.357. The van der Waals surface area contributed by atoms with E-state index < -0.39 is 24.5 Å². The van der Waals surface area contributed by atoms with Crippen molar-refractivity contribution in [3.8, 4) is 5.75 Å². The molecule has 3 amide bonds. The number of amides is 3. The van der Waals surface area contributed by atoms with E-state index in [1.807, 2.05) is 0 Å². The van der Waals surface area contributed by atoms with E-state index in [0.717, 1.165) is 4.90 Å². The molecule has 0 aliphatic carbocycles. The molecule has 0 aromatic heterocycles. The number of benzene rings is 1. The lowest BCUT2D eigenvalue weighted by Crippen LogP contribution is -2.37. The predicted molar refractivity (Wildman–Crippen MR) is 72.8 cm³/mol. The van der Waals surface area contributed by atoms with Gasteiger partial charge in [0, 0.05) is 18.7 Å². The van der Waals surface area contributed by atoms with Crippen LogP contribution in [0.3, 0.4) is 0 Å². The van der Waals surface area contributed by atoms with E-state index >= 15 is 0 Å². The lowest BCUT2D eigenvalue weighted by atomic mass is 10.1. The molecule has 2 rings (SSSR count). The number of urea groups is 1. The molecule has 21 heavy (non-hydrogen) atoms. The third kappa shape index (κ3) is 3.71. The van der Waals surface area contributed by atoms with Crippen molar-refractivity contribution >= 4 is 17.9 Å². The van der Waals surface area contributed by atoms with Gasteiger partial charge in [0.1, 0.15) is 5.75 Å². The SMILES string of the molecule is COc1ccccc1CC(=O)OCC(=O)N1CCNC1=O. The van der Waals surface area contributed by atoms with Crippen LogP contribution in [0.5, 0.6) is 5.75 Å². The number of methoxy groups -OCH3 is 1. The molecule has 7 heteroatoms. The van der Waals surface area contributed by atoms with Crippen LogP contribution in [-0.2, 0) is 20.7 Å². The van der Waals surface area contributed by atoms with Crippen molar-refractivity contribution in [2.75, 3.05) is 26.8 Å². The van der Waals surface area contributed by atoms with E-state index in [1.165, 1.54) is 7.11 Å². The summed E-state index contributed by atoms with van der Waals surface area (Å²) in [6, 6.07) is 6.60. The summed E-state index contributed by atoms with van der Waals surface area (Å²) in [7, 11) is 1.51. The van der Waals surface area contributed by atoms with E-state index in [0.29, 0.717) is 24.4 Å². The van der Waals surface area contributed by atoms with Crippen LogP contribution >= 0.6 is 0 Å². The maximum atomic E-state index is 11.7. The molecule has 0 spiro atoms. The second-order valence-corrected chi connectivity index (χ2v) is 4.43.